The minimum Gasteiger partial charge on any atom is -0.496 e. The number of hydrogen-bond donors (Lipinski definition) is 8. The fourth-order valence-corrected chi connectivity index (χ4v) is 13.1. The summed E-state index contributed by atoms with van der Waals surface area (Å²) in [6.45, 7) is 7.36. The number of fused-ring (bicyclic) bond motifs is 6. The first kappa shape index (κ1) is 43.5. The van der Waals surface area contributed by atoms with Gasteiger partial charge in [-0.2, -0.15) is 8.42 Å². The van der Waals surface area contributed by atoms with Crippen molar-refractivity contribution in [2.45, 2.75) is 92.6 Å². The van der Waals surface area contributed by atoms with E-state index in [2.05, 4.69) is 32.3 Å². The van der Waals surface area contributed by atoms with Crippen LogP contribution in [-0.2, 0) is 42.0 Å². The van der Waals surface area contributed by atoms with E-state index in [1.165, 1.54) is 7.11 Å². The zero-order valence-electron chi connectivity index (χ0n) is 35.2. The van der Waals surface area contributed by atoms with E-state index in [0.29, 0.717) is 76.0 Å². The van der Waals surface area contributed by atoms with Gasteiger partial charge in [-0.25, -0.2) is 5.84 Å². The summed E-state index contributed by atoms with van der Waals surface area (Å²) >= 11 is 0. The molecule has 332 valence electrons. The number of nitrogens with zero attached hydrogens (tertiary/aromatic N) is 3. The van der Waals surface area contributed by atoms with Gasteiger partial charge in [0, 0.05) is 84.0 Å². The van der Waals surface area contributed by atoms with Gasteiger partial charge in [0.25, 0.3) is 5.91 Å². The number of piperidine rings is 1. The van der Waals surface area contributed by atoms with E-state index in [1.807, 2.05) is 62.2 Å². The van der Waals surface area contributed by atoms with E-state index in [0.717, 1.165) is 40.0 Å². The summed E-state index contributed by atoms with van der Waals surface area (Å²) in [5, 5.41) is 38.3. The van der Waals surface area contributed by atoms with Gasteiger partial charge in [0.15, 0.2) is 5.60 Å². The third-order valence-electron chi connectivity index (χ3n) is 15.3. The zero-order valence-corrected chi connectivity index (χ0v) is 36.0. The van der Waals surface area contributed by atoms with Crippen LogP contribution in [-0.4, -0.2) is 143 Å². The molecule has 2 aromatic carbocycles. The fraction of sp³-hybridized carbons (Fsp3) is 0.581. The number of esters is 1. The van der Waals surface area contributed by atoms with Crippen molar-refractivity contribution in [3.63, 3.8) is 0 Å². The van der Waals surface area contributed by atoms with Crippen molar-refractivity contribution in [1.29, 1.82) is 0 Å². The number of methoxy groups -OCH3 is 2. The summed E-state index contributed by atoms with van der Waals surface area (Å²) in [6.07, 6.45) is 5.73. The lowest BCUT2D eigenvalue weighted by atomic mass is 9.47. The number of ether oxygens (including phenoxy) is 2. The molecule has 2 saturated heterocycles. The van der Waals surface area contributed by atoms with Crippen molar-refractivity contribution in [3.05, 3.63) is 70.9 Å². The molecule has 10 atom stereocenters. The topological polar surface area (TPSA) is 251 Å². The van der Waals surface area contributed by atoms with E-state index in [9.17, 15) is 20.1 Å². The van der Waals surface area contributed by atoms with Crippen LogP contribution < -0.4 is 20.9 Å². The molecule has 1 saturated carbocycles. The predicted octanol–water partition coefficient (Wildman–Crippen LogP) is 1.58. The molecule has 17 nitrogen and oxygen atoms in total. The number of carbonyl (C=O) groups is 2. The van der Waals surface area contributed by atoms with Crippen LogP contribution in [0.2, 0.25) is 0 Å². The predicted molar refractivity (Wildman–Crippen MR) is 225 cm³/mol. The standard InChI is InChI=1S/C43H56N6O7.H2O4S/c1-6-39(53)21-25-22-42(38(52)56-5,33-27(13-17-48(23-25)24-39)26-11-8-9-12-30(26)45-33)29-19-28-31(20-32(29)55-4)47(3)35-41(28)15-18-49-16-10-14-40(7-2,34(41)49)36(50)43(35,54)37(51)46-44;1-5(2,3)4/h8-12,14,19-20,25,34-36,45,50,53-54H,6-7,13,15-18,21-24,44H2,1-5H3,(H,46,51);(H2,1,2,3,4)/t25-,34+,35-,36-,39+,40-,41-,42+,43+;/m1./s1. The Morgan fingerprint density at radius 1 is 1.03 bits per heavy atom. The number of carbonyl (C=O) groups excluding carboxylic acids is 2. The number of H-pyrrole nitrogens is 1. The maximum absolute atomic E-state index is 15.2. The molecular weight excluding hydrogens is 809 g/mol. The molecule has 9 N–H and O–H groups in total. The van der Waals surface area contributed by atoms with Crippen LogP contribution in [0.25, 0.3) is 10.9 Å². The summed E-state index contributed by atoms with van der Waals surface area (Å²) in [7, 11) is 0.222. The number of aromatic amines is 1. The third-order valence-corrected chi connectivity index (χ3v) is 15.3. The zero-order chi connectivity index (χ0) is 44.1. The number of rotatable bonds is 6. The molecule has 6 heterocycles. The van der Waals surface area contributed by atoms with Crippen molar-refractivity contribution >= 4 is 38.9 Å². The lowest BCUT2D eigenvalue weighted by Gasteiger charge is -2.63. The van der Waals surface area contributed by atoms with Crippen LogP contribution in [0.5, 0.6) is 5.75 Å². The van der Waals surface area contributed by atoms with E-state index in [-0.39, 0.29) is 12.0 Å². The second kappa shape index (κ2) is 15.0. The highest BCUT2D eigenvalue weighted by atomic mass is 32.3. The number of benzene rings is 2. The van der Waals surface area contributed by atoms with Gasteiger partial charge < -0.3 is 34.7 Å². The molecule has 3 fully saturated rings. The third kappa shape index (κ3) is 6.19. The summed E-state index contributed by atoms with van der Waals surface area (Å²) in [5.41, 5.74) is 0.683. The van der Waals surface area contributed by atoms with Crippen molar-refractivity contribution < 1.29 is 51.9 Å². The van der Waals surface area contributed by atoms with Gasteiger partial charge in [-0.3, -0.25) is 33.9 Å². The molecule has 0 radical (unpaired) electrons. The summed E-state index contributed by atoms with van der Waals surface area (Å²) in [6, 6.07) is 11.0. The number of nitrogens with one attached hydrogen (secondary N) is 2. The minimum atomic E-state index is -4.67. The smallest absolute Gasteiger partial charge is 0.394 e. The second-order valence-electron chi connectivity index (χ2n) is 18.0. The highest BCUT2D eigenvalue weighted by molar-refractivity contribution is 7.79. The van der Waals surface area contributed by atoms with E-state index in [4.69, 9.17) is 32.8 Å². The van der Waals surface area contributed by atoms with Gasteiger partial charge >= 0.3 is 16.4 Å². The Morgan fingerprint density at radius 3 is 2.41 bits per heavy atom. The van der Waals surface area contributed by atoms with Gasteiger partial charge in [-0.05, 0) is 74.2 Å². The first-order chi connectivity index (χ1) is 28.8. The SMILES string of the molecule is CC[C@]1(O)C[C@H]2CN(CCc3c([nH]c4ccccc34)[C@@](C(=O)OC)(c3cc4c(cc3OC)N(C)[C@H]3[C@@](O)(C(=O)NN)[C@H](O)[C@]5(CC)C=CCN6CC[C@]43[C@@H]65)C2)C1.O=S(=O)(O)O. The number of anilines is 1. The number of aromatic nitrogens is 1. The number of amides is 1. The van der Waals surface area contributed by atoms with Gasteiger partial charge in [0.1, 0.15) is 17.3 Å². The second-order valence-corrected chi connectivity index (χ2v) is 18.9. The molecular formula is C43H58N6O11S. The minimum absolute atomic E-state index is 0.0851. The number of aliphatic hydroxyl groups excluding tert-OH is 1. The molecule has 18 heteroatoms. The lowest BCUT2D eigenvalue weighted by molar-refractivity contribution is -0.203. The fourth-order valence-electron chi connectivity index (χ4n) is 13.1. The quantitative estimate of drug-likeness (QED) is 0.0438. The van der Waals surface area contributed by atoms with Crippen LogP contribution in [0.4, 0.5) is 5.69 Å². The maximum atomic E-state index is 15.2. The van der Waals surface area contributed by atoms with E-state index in [1.54, 1.807) is 7.11 Å². The molecule has 1 aliphatic carbocycles. The van der Waals surface area contributed by atoms with Crippen molar-refractivity contribution in [2.75, 3.05) is 58.9 Å². The van der Waals surface area contributed by atoms with Crippen molar-refractivity contribution in [3.8, 4) is 5.75 Å². The van der Waals surface area contributed by atoms with Crippen LogP contribution in [0.15, 0.2) is 48.6 Å². The average Bonchev–Trinajstić information content (AvgIpc) is 3.89. The lowest BCUT2D eigenvalue weighted by Crippen LogP contribution is -2.82. The monoisotopic (exact) mass is 866 g/mol. The molecule has 9 rings (SSSR count). The van der Waals surface area contributed by atoms with Crippen LogP contribution in [0, 0.1) is 11.3 Å². The summed E-state index contributed by atoms with van der Waals surface area (Å²) in [5.74, 6) is 4.94. The average molecular weight is 867 g/mol. The van der Waals surface area contributed by atoms with Crippen molar-refractivity contribution in [2.24, 2.45) is 17.2 Å². The van der Waals surface area contributed by atoms with Gasteiger partial charge in [-0.15, -0.1) is 0 Å². The highest BCUT2D eigenvalue weighted by Gasteiger charge is 2.78. The first-order valence-corrected chi connectivity index (χ1v) is 22.3. The molecule has 61 heavy (non-hydrogen) atoms. The number of hydrazine groups is 1. The first-order valence-electron chi connectivity index (χ1n) is 21.0. The Hall–Kier alpha value is -4.11. The normalized spacial score (nSPS) is 36.2. The maximum Gasteiger partial charge on any atom is 0.394 e. The molecule has 5 aliphatic heterocycles. The molecule has 3 aromatic rings. The van der Waals surface area contributed by atoms with Crippen LogP contribution >= 0.6 is 0 Å². The number of nitrogens with two attached hydrogens (primary N) is 1. The molecule has 1 amide bonds. The van der Waals surface area contributed by atoms with E-state index < -0.39 is 61.9 Å². The summed E-state index contributed by atoms with van der Waals surface area (Å²) in [4.78, 5) is 39.7. The van der Waals surface area contributed by atoms with Gasteiger partial charge in [0.2, 0.25) is 0 Å². The molecule has 2 bridgehead atoms. The Morgan fingerprint density at radius 2 is 1.75 bits per heavy atom. The van der Waals surface area contributed by atoms with Crippen molar-refractivity contribution in [1.82, 2.24) is 20.2 Å². The van der Waals surface area contributed by atoms with Crippen LogP contribution in [0.1, 0.15) is 68.3 Å². The molecule has 1 aromatic heterocycles. The number of para-hydroxylation sites is 1. The Kier molecular flexibility index (Phi) is 10.7. The highest BCUT2D eigenvalue weighted by Crippen LogP contribution is 2.67. The summed E-state index contributed by atoms with van der Waals surface area (Å²) < 4.78 is 43.8. The number of hydrogen-bond acceptors (Lipinski definition) is 13. The van der Waals surface area contributed by atoms with Crippen LogP contribution in [0.3, 0.4) is 0 Å². The largest absolute Gasteiger partial charge is 0.496 e. The van der Waals surface area contributed by atoms with Gasteiger partial charge in [0.05, 0.1) is 25.9 Å². The number of likely N-dealkylation sites (N-methyl/N-ethyl adjacent to an activating group) is 1. The molecule has 6 aliphatic rings. The number of aliphatic hydroxyl groups is 3. The Labute approximate surface area is 355 Å². The Bertz CT molecular complexity index is 2390. The molecule has 1 spiro atoms. The van der Waals surface area contributed by atoms with E-state index >= 15 is 4.79 Å². The van der Waals surface area contributed by atoms with Gasteiger partial charge in [-0.1, -0.05) is 44.2 Å². The Balaban J connectivity index is 0.000000973. The molecule has 1 unspecified atom stereocenters.